The molecule has 1 heteroatoms. The number of hydrogen-bond donors (Lipinski definition) is 0. The minimum Gasteiger partial charge on any atom is -0.300 e. The predicted molar refractivity (Wildman–Crippen MR) is 105 cm³/mol. The van der Waals surface area contributed by atoms with Crippen LogP contribution in [0.25, 0.3) is 0 Å². The summed E-state index contributed by atoms with van der Waals surface area (Å²) in [6.45, 7) is 21.0. The van der Waals surface area contributed by atoms with Gasteiger partial charge in [-0.05, 0) is 62.8 Å². The lowest BCUT2D eigenvalue weighted by molar-refractivity contribution is -0.0269. The highest BCUT2D eigenvalue weighted by atomic mass is 15.2. The third-order valence-corrected chi connectivity index (χ3v) is 7.46. The Kier molecular flexibility index (Phi) is 7.21. The fourth-order valence-electron chi connectivity index (χ4n) is 4.54. The van der Waals surface area contributed by atoms with Gasteiger partial charge < -0.3 is 4.90 Å². The topological polar surface area (TPSA) is 3.24 Å². The van der Waals surface area contributed by atoms with E-state index in [1.807, 2.05) is 0 Å². The van der Waals surface area contributed by atoms with Crippen LogP contribution in [0.3, 0.4) is 0 Å². The van der Waals surface area contributed by atoms with Crippen molar-refractivity contribution in [3.05, 3.63) is 0 Å². The number of rotatable bonds is 4. The Bertz CT molecular complexity index is 355. The first kappa shape index (κ1) is 21.0. The zero-order chi connectivity index (χ0) is 17.9. The van der Waals surface area contributed by atoms with Gasteiger partial charge in [-0.1, -0.05) is 67.2 Å². The van der Waals surface area contributed by atoms with E-state index in [0.717, 1.165) is 11.8 Å². The Balaban J connectivity index is 3.04. The Morgan fingerprint density at radius 2 is 1.52 bits per heavy atom. The molecular formula is C22H45N. The zero-order valence-corrected chi connectivity index (χ0v) is 17.8. The SMILES string of the molecule is CC(C)CN(C)C(C)(C)C1(C)CCCCCCC(C)(C)C(C)C1. The van der Waals surface area contributed by atoms with Gasteiger partial charge in [0.2, 0.25) is 0 Å². The highest BCUT2D eigenvalue weighted by molar-refractivity contribution is 4.99. The Morgan fingerprint density at radius 3 is 2.04 bits per heavy atom. The molecule has 0 aromatic rings. The van der Waals surface area contributed by atoms with Crippen LogP contribution >= 0.6 is 0 Å². The molecule has 138 valence electrons. The first-order valence-electron chi connectivity index (χ1n) is 10.1. The molecular weight excluding hydrogens is 278 g/mol. The van der Waals surface area contributed by atoms with E-state index in [2.05, 4.69) is 67.3 Å². The molecule has 1 saturated carbocycles. The van der Waals surface area contributed by atoms with Crippen LogP contribution in [0.4, 0.5) is 0 Å². The molecule has 1 aliphatic rings. The van der Waals surface area contributed by atoms with E-state index in [0.29, 0.717) is 10.8 Å². The van der Waals surface area contributed by atoms with Gasteiger partial charge in [-0.2, -0.15) is 0 Å². The minimum absolute atomic E-state index is 0.251. The summed E-state index contributed by atoms with van der Waals surface area (Å²) in [6, 6.07) is 0. The molecule has 0 spiro atoms. The first-order valence-corrected chi connectivity index (χ1v) is 10.1. The quantitative estimate of drug-likeness (QED) is 0.552. The van der Waals surface area contributed by atoms with Crippen LogP contribution in [-0.4, -0.2) is 24.0 Å². The maximum atomic E-state index is 2.64. The lowest BCUT2D eigenvalue weighted by atomic mass is 9.60. The minimum atomic E-state index is 0.251. The average molecular weight is 324 g/mol. The van der Waals surface area contributed by atoms with E-state index in [1.54, 1.807) is 0 Å². The molecule has 0 aromatic heterocycles. The summed E-state index contributed by atoms with van der Waals surface area (Å²) in [5.74, 6) is 1.52. The van der Waals surface area contributed by atoms with Crippen LogP contribution in [0.1, 0.15) is 100 Å². The molecule has 0 aliphatic heterocycles. The molecule has 0 N–H and O–H groups in total. The van der Waals surface area contributed by atoms with Gasteiger partial charge in [-0.15, -0.1) is 0 Å². The second-order valence-electron chi connectivity index (χ2n) is 10.4. The van der Waals surface area contributed by atoms with Crippen LogP contribution in [0, 0.1) is 22.7 Å². The Labute approximate surface area is 147 Å². The lowest BCUT2D eigenvalue weighted by Gasteiger charge is -2.53. The van der Waals surface area contributed by atoms with Crippen molar-refractivity contribution in [2.45, 2.75) is 106 Å². The molecule has 1 aliphatic carbocycles. The number of hydrogen-bond acceptors (Lipinski definition) is 1. The maximum absolute atomic E-state index is 2.64. The monoisotopic (exact) mass is 323 g/mol. The summed E-state index contributed by atoms with van der Waals surface area (Å²) in [4.78, 5) is 2.64. The number of nitrogens with zero attached hydrogens (tertiary/aromatic N) is 1. The van der Waals surface area contributed by atoms with Crippen molar-refractivity contribution in [2.75, 3.05) is 13.6 Å². The molecule has 0 radical (unpaired) electrons. The first-order chi connectivity index (χ1) is 10.4. The van der Waals surface area contributed by atoms with E-state index >= 15 is 0 Å². The van der Waals surface area contributed by atoms with Gasteiger partial charge >= 0.3 is 0 Å². The van der Waals surface area contributed by atoms with Crippen molar-refractivity contribution >= 4 is 0 Å². The highest BCUT2D eigenvalue weighted by Crippen LogP contribution is 2.49. The fourth-order valence-corrected chi connectivity index (χ4v) is 4.54. The van der Waals surface area contributed by atoms with Gasteiger partial charge in [0.05, 0.1) is 0 Å². The third kappa shape index (κ3) is 5.21. The highest BCUT2D eigenvalue weighted by Gasteiger charge is 2.45. The summed E-state index contributed by atoms with van der Waals surface area (Å²) in [7, 11) is 2.35. The smallest absolute Gasteiger partial charge is 0.0203 e. The van der Waals surface area contributed by atoms with Crippen molar-refractivity contribution in [1.82, 2.24) is 4.90 Å². The molecule has 1 nitrogen and oxygen atoms in total. The molecule has 1 rings (SSSR count). The van der Waals surface area contributed by atoms with Gasteiger partial charge in [-0.25, -0.2) is 0 Å². The molecule has 0 bridgehead atoms. The second kappa shape index (κ2) is 7.89. The summed E-state index contributed by atoms with van der Waals surface area (Å²) < 4.78 is 0. The summed E-state index contributed by atoms with van der Waals surface area (Å²) in [5.41, 5.74) is 1.12. The van der Waals surface area contributed by atoms with Crippen molar-refractivity contribution in [1.29, 1.82) is 0 Å². The van der Waals surface area contributed by atoms with Gasteiger partial charge in [0.25, 0.3) is 0 Å². The zero-order valence-electron chi connectivity index (χ0n) is 17.8. The summed E-state index contributed by atoms with van der Waals surface area (Å²) in [5, 5.41) is 0. The largest absolute Gasteiger partial charge is 0.300 e. The van der Waals surface area contributed by atoms with E-state index in [4.69, 9.17) is 0 Å². The van der Waals surface area contributed by atoms with Gasteiger partial charge in [0.15, 0.2) is 0 Å². The molecule has 0 aromatic carbocycles. The van der Waals surface area contributed by atoms with Crippen LogP contribution in [0.15, 0.2) is 0 Å². The molecule has 23 heavy (non-hydrogen) atoms. The van der Waals surface area contributed by atoms with E-state index in [1.165, 1.54) is 51.5 Å². The van der Waals surface area contributed by atoms with E-state index in [9.17, 15) is 0 Å². The third-order valence-electron chi connectivity index (χ3n) is 7.46. The van der Waals surface area contributed by atoms with Gasteiger partial charge in [-0.3, -0.25) is 0 Å². The Hall–Kier alpha value is -0.0400. The molecule has 0 heterocycles. The van der Waals surface area contributed by atoms with E-state index < -0.39 is 0 Å². The summed E-state index contributed by atoms with van der Waals surface area (Å²) in [6.07, 6.45) is 9.80. The Morgan fingerprint density at radius 1 is 1.00 bits per heavy atom. The molecule has 0 saturated heterocycles. The molecule has 0 amide bonds. The van der Waals surface area contributed by atoms with Crippen molar-refractivity contribution in [3.63, 3.8) is 0 Å². The van der Waals surface area contributed by atoms with Gasteiger partial charge in [0.1, 0.15) is 0 Å². The van der Waals surface area contributed by atoms with Crippen LogP contribution in [0.5, 0.6) is 0 Å². The van der Waals surface area contributed by atoms with Gasteiger partial charge in [0, 0.05) is 12.1 Å². The van der Waals surface area contributed by atoms with Crippen molar-refractivity contribution in [3.8, 4) is 0 Å². The van der Waals surface area contributed by atoms with Crippen LogP contribution in [-0.2, 0) is 0 Å². The normalized spacial score (nSPS) is 30.7. The van der Waals surface area contributed by atoms with E-state index in [-0.39, 0.29) is 5.54 Å². The average Bonchev–Trinajstić information content (AvgIpc) is 2.40. The lowest BCUT2D eigenvalue weighted by Crippen LogP contribution is -2.55. The fraction of sp³-hybridized carbons (Fsp3) is 1.00. The summed E-state index contributed by atoms with van der Waals surface area (Å²) >= 11 is 0. The molecule has 1 fully saturated rings. The van der Waals surface area contributed by atoms with Crippen LogP contribution < -0.4 is 0 Å². The van der Waals surface area contributed by atoms with Crippen molar-refractivity contribution in [2.24, 2.45) is 22.7 Å². The predicted octanol–water partition coefficient (Wildman–Crippen LogP) is 6.77. The maximum Gasteiger partial charge on any atom is 0.0203 e. The van der Waals surface area contributed by atoms with Crippen LogP contribution in [0.2, 0.25) is 0 Å². The standard InChI is InChI=1S/C22H45N/c1-18(2)17-23(9)21(6,7)22(8)15-13-11-10-12-14-20(4,5)19(3)16-22/h18-19H,10-17H2,1-9H3. The molecule has 2 atom stereocenters. The van der Waals surface area contributed by atoms with Crippen molar-refractivity contribution < 1.29 is 0 Å². The molecule has 2 unspecified atom stereocenters. The second-order valence-corrected chi connectivity index (χ2v) is 10.4.